The summed E-state index contributed by atoms with van der Waals surface area (Å²) in [5, 5.41) is 4.33. The van der Waals surface area contributed by atoms with Crippen molar-refractivity contribution in [3.05, 3.63) is 75.7 Å². The van der Waals surface area contributed by atoms with Gasteiger partial charge in [-0.15, -0.1) is 0 Å². The number of para-hydroxylation sites is 1. The van der Waals surface area contributed by atoms with Crippen molar-refractivity contribution >= 4 is 28.4 Å². The molecule has 0 saturated carbocycles. The monoisotopic (exact) mass is 413 g/mol. The van der Waals surface area contributed by atoms with Gasteiger partial charge in [0.15, 0.2) is 0 Å². The zero-order valence-corrected chi connectivity index (χ0v) is 17.8. The average molecular weight is 414 g/mol. The molecule has 3 aromatic rings. The number of fused-ring (bicyclic) bond motifs is 1. The number of pyridine rings is 1. The van der Waals surface area contributed by atoms with Crippen molar-refractivity contribution < 1.29 is 9.18 Å². The second-order valence-corrected chi connectivity index (χ2v) is 7.82. The van der Waals surface area contributed by atoms with E-state index in [0.29, 0.717) is 10.6 Å². The average Bonchev–Trinajstić information content (AvgIpc) is 2.67. The van der Waals surface area contributed by atoms with Crippen molar-refractivity contribution in [2.24, 2.45) is 0 Å². The Bertz CT molecular complexity index is 1030. The number of nitrogens with zero attached hydrogens (tertiary/aromatic N) is 2. The van der Waals surface area contributed by atoms with Crippen molar-refractivity contribution in [3.63, 3.8) is 0 Å². The predicted molar refractivity (Wildman–Crippen MR) is 116 cm³/mol. The fourth-order valence-corrected chi connectivity index (χ4v) is 3.93. The number of rotatable bonds is 6. The van der Waals surface area contributed by atoms with Crippen LogP contribution in [0.3, 0.4) is 0 Å². The van der Waals surface area contributed by atoms with Gasteiger partial charge in [-0.05, 0) is 57.3 Å². The minimum absolute atomic E-state index is 0.132. The molecule has 1 aromatic heterocycles. The zero-order chi connectivity index (χ0) is 21.1. The summed E-state index contributed by atoms with van der Waals surface area (Å²) in [5.74, 6) is -0.511. The minimum Gasteiger partial charge on any atom is -0.354 e. The molecule has 6 heteroatoms. The van der Waals surface area contributed by atoms with E-state index < -0.39 is 0 Å². The first kappa shape index (κ1) is 21.2. The van der Waals surface area contributed by atoms with Gasteiger partial charge in [-0.25, -0.2) is 4.39 Å². The Morgan fingerprint density at radius 2 is 1.90 bits per heavy atom. The quantitative estimate of drug-likeness (QED) is 0.642. The smallest absolute Gasteiger partial charge is 0.224 e. The molecule has 0 aliphatic heterocycles. The minimum atomic E-state index is -0.379. The van der Waals surface area contributed by atoms with Crippen LogP contribution in [-0.4, -0.2) is 36.4 Å². The molecule has 2 aromatic carbocycles. The Morgan fingerprint density at radius 1 is 1.17 bits per heavy atom. The molecule has 1 atom stereocenters. The molecule has 0 unspecified atom stereocenters. The molecule has 1 amide bonds. The molecule has 152 valence electrons. The van der Waals surface area contributed by atoms with Crippen LogP contribution in [0.25, 0.3) is 10.9 Å². The lowest BCUT2D eigenvalue weighted by atomic mass is 9.99. The summed E-state index contributed by atoms with van der Waals surface area (Å²) in [6.07, 6.45) is 0.223. The Kier molecular flexibility index (Phi) is 6.50. The Hall–Kier alpha value is -2.50. The number of aryl methyl sites for hydroxylation is 2. The van der Waals surface area contributed by atoms with Gasteiger partial charge >= 0.3 is 0 Å². The lowest BCUT2D eigenvalue weighted by molar-refractivity contribution is -0.120. The van der Waals surface area contributed by atoms with Crippen LogP contribution in [0, 0.1) is 19.7 Å². The van der Waals surface area contributed by atoms with Crippen LogP contribution in [0.1, 0.15) is 28.4 Å². The second kappa shape index (κ2) is 8.89. The lowest BCUT2D eigenvalue weighted by Crippen LogP contribution is -2.36. The number of amides is 1. The molecule has 3 rings (SSSR count). The summed E-state index contributed by atoms with van der Waals surface area (Å²) < 4.78 is 14.4. The summed E-state index contributed by atoms with van der Waals surface area (Å²) >= 11 is 6.22. The summed E-state index contributed by atoms with van der Waals surface area (Å²) in [5.41, 5.74) is 4.14. The summed E-state index contributed by atoms with van der Waals surface area (Å²) in [6, 6.07) is 12.2. The molecular weight excluding hydrogens is 389 g/mol. The maximum Gasteiger partial charge on any atom is 0.224 e. The molecule has 0 aliphatic rings. The Balaban J connectivity index is 1.78. The van der Waals surface area contributed by atoms with Crippen LogP contribution in [-0.2, 0) is 11.2 Å². The fourth-order valence-electron chi connectivity index (χ4n) is 3.64. The van der Waals surface area contributed by atoms with E-state index in [4.69, 9.17) is 11.6 Å². The lowest BCUT2D eigenvalue weighted by Gasteiger charge is -2.26. The molecule has 0 radical (unpaired) electrons. The van der Waals surface area contributed by atoms with Crippen molar-refractivity contribution in [2.45, 2.75) is 26.3 Å². The van der Waals surface area contributed by atoms with Gasteiger partial charge in [0.05, 0.1) is 18.0 Å². The first-order valence-electron chi connectivity index (χ1n) is 9.51. The second-order valence-electron chi connectivity index (χ2n) is 7.41. The predicted octanol–water partition coefficient (Wildman–Crippen LogP) is 4.61. The largest absolute Gasteiger partial charge is 0.354 e. The number of likely N-dealkylation sites (N-methyl/N-ethyl adjacent to an activating group) is 1. The maximum atomic E-state index is 14.4. The van der Waals surface area contributed by atoms with E-state index in [1.54, 1.807) is 12.1 Å². The van der Waals surface area contributed by atoms with E-state index in [-0.39, 0.29) is 30.7 Å². The highest BCUT2D eigenvalue weighted by atomic mass is 35.5. The first-order chi connectivity index (χ1) is 13.8. The number of carbonyl (C=O) groups excluding carboxylic acids is 1. The van der Waals surface area contributed by atoms with Gasteiger partial charge in [0.1, 0.15) is 5.82 Å². The van der Waals surface area contributed by atoms with Crippen molar-refractivity contribution in [3.8, 4) is 0 Å². The third kappa shape index (κ3) is 4.57. The van der Waals surface area contributed by atoms with E-state index in [1.807, 2.05) is 57.1 Å². The van der Waals surface area contributed by atoms with Gasteiger partial charge < -0.3 is 10.2 Å². The number of carbonyl (C=O) groups is 1. The van der Waals surface area contributed by atoms with Gasteiger partial charge in [-0.1, -0.05) is 35.9 Å². The molecule has 0 saturated heterocycles. The van der Waals surface area contributed by atoms with E-state index in [2.05, 4.69) is 10.3 Å². The number of hydrogen-bond acceptors (Lipinski definition) is 3. The molecule has 29 heavy (non-hydrogen) atoms. The van der Waals surface area contributed by atoms with Crippen LogP contribution in [0.5, 0.6) is 0 Å². The van der Waals surface area contributed by atoms with Crippen molar-refractivity contribution in [1.29, 1.82) is 0 Å². The van der Waals surface area contributed by atoms with Crippen molar-refractivity contribution in [1.82, 2.24) is 15.2 Å². The number of hydrogen-bond donors (Lipinski definition) is 1. The SMILES string of the molecule is Cc1nc2ccccc2c(C)c1CC(=O)NC[C@@H](c1c(F)cccc1Cl)N(C)C. The van der Waals surface area contributed by atoms with Crippen LogP contribution in [0.4, 0.5) is 4.39 Å². The number of halogens is 2. The van der Waals surface area contributed by atoms with Gasteiger partial charge in [0.2, 0.25) is 5.91 Å². The van der Waals surface area contributed by atoms with E-state index in [1.165, 1.54) is 6.07 Å². The molecule has 1 N–H and O–H groups in total. The standard InChI is InChI=1S/C23H25ClFN3O/c1-14-16-8-5-6-11-20(16)27-15(2)17(14)12-22(29)26-13-21(28(3)4)23-18(24)9-7-10-19(23)25/h5-11,21H,12-13H2,1-4H3,(H,26,29)/t21-/m0/s1. The number of aromatic nitrogens is 1. The summed E-state index contributed by atoms with van der Waals surface area (Å²) in [4.78, 5) is 19.2. The zero-order valence-electron chi connectivity index (χ0n) is 17.1. The molecule has 0 aliphatic carbocycles. The highest BCUT2D eigenvalue weighted by molar-refractivity contribution is 6.31. The topological polar surface area (TPSA) is 45.2 Å². The van der Waals surface area contributed by atoms with E-state index in [9.17, 15) is 9.18 Å². The first-order valence-corrected chi connectivity index (χ1v) is 9.89. The number of nitrogens with one attached hydrogen (secondary N) is 1. The van der Waals surface area contributed by atoms with E-state index >= 15 is 0 Å². The molecule has 1 heterocycles. The molecular formula is C23H25ClFN3O. The van der Waals surface area contributed by atoms with Gasteiger partial charge in [-0.3, -0.25) is 9.78 Å². The van der Waals surface area contributed by atoms with Gasteiger partial charge in [-0.2, -0.15) is 0 Å². The van der Waals surface area contributed by atoms with Crippen molar-refractivity contribution in [2.75, 3.05) is 20.6 Å². The Morgan fingerprint density at radius 3 is 2.59 bits per heavy atom. The molecule has 0 fully saturated rings. The van der Waals surface area contributed by atoms with E-state index in [0.717, 1.165) is 27.7 Å². The van der Waals surface area contributed by atoms with Crippen LogP contribution in [0.15, 0.2) is 42.5 Å². The molecule has 0 bridgehead atoms. The fraction of sp³-hybridized carbons (Fsp3) is 0.304. The van der Waals surface area contributed by atoms with Crippen LogP contribution < -0.4 is 5.32 Å². The summed E-state index contributed by atoms with van der Waals surface area (Å²) in [7, 11) is 3.67. The molecule has 0 spiro atoms. The Labute approximate surface area is 175 Å². The maximum absolute atomic E-state index is 14.4. The van der Waals surface area contributed by atoms with Gasteiger partial charge in [0.25, 0.3) is 0 Å². The highest BCUT2D eigenvalue weighted by Crippen LogP contribution is 2.28. The van der Waals surface area contributed by atoms with Crippen LogP contribution >= 0.6 is 11.6 Å². The highest BCUT2D eigenvalue weighted by Gasteiger charge is 2.22. The van der Waals surface area contributed by atoms with Gasteiger partial charge in [0, 0.05) is 28.2 Å². The molecule has 4 nitrogen and oxygen atoms in total. The third-order valence-electron chi connectivity index (χ3n) is 5.27. The van der Waals surface area contributed by atoms with Crippen LogP contribution in [0.2, 0.25) is 5.02 Å². The summed E-state index contributed by atoms with van der Waals surface area (Å²) in [6.45, 7) is 4.19. The number of benzene rings is 2. The third-order valence-corrected chi connectivity index (χ3v) is 5.60. The normalized spacial score (nSPS) is 12.4.